The molecule has 26 heavy (non-hydrogen) atoms. The number of thiophene rings is 1. The van der Waals surface area contributed by atoms with E-state index >= 15 is 0 Å². The Kier molecular flexibility index (Phi) is 9.15. The van der Waals surface area contributed by atoms with Crippen LogP contribution in [0.15, 0.2) is 17.1 Å². The van der Waals surface area contributed by atoms with E-state index in [9.17, 15) is 4.79 Å². The largest absolute Gasteiger partial charge is 0.444 e. The molecule has 8 heteroatoms. The van der Waals surface area contributed by atoms with E-state index in [-0.39, 0.29) is 36.1 Å². The standard InChI is InChI=1S/C18H30N4O2S.HI/c1-6-19-16(20-11-15-8-7-13(2)25-15)22-10-9-14(12-22)21-17(23)24-18(3,4)5;/h7-8,14H,6,9-12H2,1-5H3,(H,19,20)(H,21,23);1H. The number of aryl methyl sites for hydroxylation is 1. The first-order valence-electron chi connectivity index (χ1n) is 8.85. The molecule has 2 rings (SSSR count). The third kappa shape index (κ3) is 7.69. The fourth-order valence-corrected chi connectivity index (χ4v) is 3.51. The van der Waals surface area contributed by atoms with Crippen LogP contribution < -0.4 is 10.6 Å². The van der Waals surface area contributed by atoms with E-state index in [1.165, 1.54) is 9.75 Å². The Hall–Kier alpha value is -1.03. The van der Waals surface area contributed by atoms with Crippen LogP contribution in [-0.2, 0) is 11.3 Å². The Labute approximate surface area is 177 Å². The highest BCUT2D eigenvalue weighted by Gasteiger charge is 2.27. The number of nitrogens with one attached hydrogen (secondary N) is 2. The summed E-state index contributed by atoms with van der Waals surface area (Å²) in [6.07, 6.45) is 0.539. The molecule has 1 aromatic heterocycles. The summed E-state index contributed by atoms with van der Waals surface area (Å²) in [5.74, 6) is 0.905. The predicted octanol–water partition coefficient (Wildman–Crippen LogP) is 3.74. The molecule has 0 saturated carbocycles. The lowest BCUT2D eigenvalue weighted by atomic mass is 10.2. The number of carbonyl (C=O) groups excluding carboxylic acids is 1. The molecule has 0 aliphatic carbocycles. The summed E-state index contributed by atoms with van der Waals surface area (Å²) in [6.45, 7) is 12.9. The topological polar surface area (TPSA) is 66.0 Å². The van der Waals surface area contributed by atoms with Crippen molar-refractivity contribution in [2.24, 2.45) is 4.99 Å². The molecule has 0 radical (unpaired) electrons. The van der Waals surface area contributed by atoms with Crippen LogP contribution in [0.4, 0.5) is 4.79 Å². The van der Waals surface area contributed by atoms with Crippen LogP contribution >= 0.6 is 35.3 Å². The Balaban J connectivity index is 0.00000338. The molecule has 148 valence electrons. The quantitative estimate of drug-likeness (QED) is 0.380. The fraction of sp³-hybridized carbons (Fsp3) is 0.667. The minimum absolute atomic E-state index is 0. The number of hydrogen-bond donors (Lipinski definition) is 2. The van der Waals surface area contributed by atoms with Crippen molar-refractivity contribution in [3.63, 3.8) is 0 Å². The van der Waals surface area contributed by atoms with E-state index in [4.69, 9.17) is 9.73 Å². The summed E-state index contributed by atoms with van der Waals surface area (Å²) in [5.41, 5.74) is -0.475. The maximum atomic E-state index is 11.9. The van der Waals surface area contributed by atoms with Crippen molar-refractivity contribution in [3.8, 4) is 0 Å². The Morgan fingerprint density at radius 2 is 2.15 bits per heavy atom. The van der Waals surface area contributed by atoms with Crippen molar-refractivity contribution in [1.82, 2.24) is 15.5 Å². The minimum Gasteiger partial charge on any atom is -0.444 e. The lowest BCUT2D eigenvalue weighted by molar-refractivity contribution is 0.0507. The average Bonchev–Trinajstić information content (AvgIpc) is 3.10. The summed E-state index contributed by atoms with van der Waals surface area (Å²) >= 11 is 1.78. The zero-order valence-corrected chi connectivity index (χ0v) is 19.4. The lowest BCUT2D eigenvalue weighted by Gasteiger charge is -2.23. The van der Waals surface area contributed by atoms with Crippen molar-refractivity contribution < 1.29 is 9.53 Å². The summed E-state index contributed by atoms with van der Waals surface area (Å²) in [6, 6.07) is 4.34. The maximum Gasteiger partial charge on any atom is 0.407 e. The van der Waals surface area contributed by atoms with Crippen molar-refractivity contribution in [2.75, 3.05) is 19.6 Å². The molecular weight excluding hydrogens is 463 g/mol. The first-order valence-corrected chi connectivity index (χ1v) is 9.66. The van der Waals surface area contributed by atoms with Gasteiger partial charge in [0.1, 0.15) is 5.60 Å². The van der Waals surface area contributed by atoms with Gasteiger partial charge in [0.25, 0.3) is 0 Å². The van der Waals surface area contributed by atoms with Crippen molar-refractivity contribution in [1.29, 1.82) is 0 Å². The number of hydrogen-bond acceptors (Lipinski definition) is 4. The molecular formula is C18H31IN4O2S. The highest BCUT2D eigenvalue weighted by molar-refractivity contribution is 14.0. The van der Waals surface area contributed by atoms with Gasteiger partial charge in [0.15, 0.2) is 5.96 Å². The molecule has 1 fully saturated rings. The van der Waals surface area contributed by atoms with Gasteiger partial charge in [0, 0.05) is 29.4 Å². The van der Waals surface area contributed by atoms with Gasteiger partial charge in [-0.05, 0) is 53.2 Å². The summed E-state index contributed by atoms with van der Waals surface area (Å²) in [7, 11) is 0. The SMILES string of the molecule is CCNC(=NCc1ccc(C)s1)N1CCC(NC(=O)OC(C)(C)C)C1.I. The highest BCUT2D eigenvalue weighted by Crippen LogP contribution is 2.17. The summed E-state index contributed by atoms with van der Waals surface area (Å²) in [4.78, 5) is 21.4. The fourth-order valence-electron chi connectivity index (χ4n) is 2.69. The lowest BCUT2D eigenvalue weighted by Crippen LogP contribution is -2.44. The molecule has 0 aromatic carbocycles. The van der Waals surface area contributed by atoms with Gasteiger partial charge in [-0.15, -0.1) is 35.3 Å². The number of rotatable bonds is 4. The first-order chi connectivity index (χ1) is 11.8. The van der Waals surface area contributed by atoms with Crippen LogP contribution in [0.25, 0.3) is 0 Å². The smallest absolute Gasteiger partial charge is 0.407 e. The van der Waals surface area contributed by atoms with E-state index in [0.29, 0.717) is 6.54 Å². The van der Waals surface area contributed by atoms with Gasteiger partial charge < -0.3 is 20.3 Å². The van der Waals surface area contributed by atoms with Crippen molar-refractivity contribution in [3.05, 3.63) is 21.9 Å². The number of aliphatic imine (C=N–C) groups is 1. The normalized spacial score (nSPS) is 17.7. The van der Waals surface area contributed by atoms with Gasteiger partial charge in [-0.1, -0.05) is 0 Å². The molecule has 2 heterocycles. The number of carbonyl (C=O) groups is 1. The van der Waals surface area contributed by atoms with Crippen LogP contribution in [0, 0.1) is 6.92 Å². The van der Waals surface area contributed by atoms with Crippen LogP contribution in [-0.4, -0.2) is 48.2 Å². The van der Waals surface area contributed by atoms with Gasteiger partial charge in [-0.2, -0.15) is 0 Å². The van der Waals surface area contributed by atoms with E-state index < -0.39 is 5.60 Å². The van der Waals surface area contributed by atoms with E-state index in [1.54, 1.807) is 11.3 Å². The molecule has 1 aliphatic rings. The molecule has 1 amide bonds. The Morgan fingerprint density at radius 3 is 2.73 bits per heavy atom. The van der Waals surface area contributed by atoms with Crippen LogP contribution in [0.2, 0.25) is 0 Å². The summed E-state index contributed by atoms with van der Waals surface area (Å²) in [5, 5.41) is 6.31. The van der Waals surface area contributed by atoms with E-state index in [2.05, 4.69) is 41.5 Å². The Bertz CT molecular complexity index is 613. The molecule has 0 spiro atoms. The van der Waals surface area contributed by atoms with Crippen LogP contribution in [0.5, 0.6) is 0 Å². The van der Waals surface area contributed by atoms with Gasteiger partial charge in [0.2, 0.25) is 0 Å². The van der Waals surface area contributed by atoms with Gasteiger partial charge in [-0.3, -0.25) is 0 Å². The number of halogens is 1. The zero-order chi connectivity index (χ0) is 18.4. The monoisotopic (exact) mass is 494 g/mol. The van der Waals surface area contributed by atoms with Gasteiger partial charge in [-0.25, -0.2) is 9.79 Å². The van der Waals surface area contributed by atoms with Crippen molar-refractivity contribution in [2.45, 2.75) is 59.2 Å². The summed E-state index contributed by atoms with van der Waals surface area (Å²) < 4.78 is 5.34. The number of likely N-dealkylation sites (tertiary alicyclic amines) is 1. The molecule has 1 atom stereocenters. The predicted molar refractivity (Wildman–Crippen MR) is 119 cm³/mol. The number of amides is 1. The van der Waals surface area contributed by atoms with Gasteiger partial charge in [0.05, 0.1) is 12.6 Å². The maximum absolute atomic E-state index is 11.9. The molecule has 1 unspecified atom stereocenters. The van der Waals surface area contributed by atoms with Crippen LogP contribution in [0.3, 0.4) is 0 Å². The van der Waals surface area contributed by atoms with Gasteiger partial charge >= 0.3 is 6.09 Å². The third-order valence-corrected chi connectivity index (χ3v) is 4.71. The number of nitrogens with zero attached hydrogens (tertiary/aromatic N) is 2. The second kappa shape index (κ2) is 10.3. The molecule has 6 nitrogen and oxygen atoms in total. The van der Waals surface area contributed by atoms with Crippen molar-refractivity contribution >= 4 is 47.4 Å². The molecule has 1 saturated heterocycles. The molecule has 0 bridgehead atoms. The second-order valence-electron chi connectivity index (χ2n) is 7.26. The number of ether oxygens (including phenoxy) is 1. The minimum atomic E-state index is -0.475. The van der Waals surface area contributed by atoms with E-state index in [1.807, 2.05) is 20.8 Å². The molecule has 2 N–H and O–H groups in total. The number of guanidine groups is 1. The third-order valence-electron chi connectivity index (χ3n) is 3.72. The highest BCUT2D eigenvalue weighted by atomic mass is 127. The second-order valence-corrected chi connectivity index (χ2v) is 8.63. The molecule has 1 aliphatic heterocycles. The zero-order valence-electron chi connectivity index (χ0n) is 16.3. The molecule has 1 aromatic rings. The van der Waals surface area contributed by atoms with Crippen LogP contribution in [0.1, 0.15) is 43.9 Å². The first kappa shape index (κ1) is 23.0. The van der Waals surface area contributed by atoms with E-state index in [0.717, 1.165) is 32.0 Å². The number of alkyl carbamates (subject to hydrolysis) is 1. The average molecular weight is 494 g/mol. The Morgan fingerprint density at radius 1 is 1.42 bits per heavy atom.